The third kappa shape index (κ3) is 2.44. The summed E-state index contributed by atoms with van der Waals surface area (Å²) in [7, 11) is 2.23. The number of piperazine rings is 1. The zero-order valence-corrected chi connectivity index (χ0v) is 9.75. The Labute approximate surface area is 82.9 Å². The van der Waals surface area contributed by atoms with Gasteiger partial charge in [-0.3, -0.25) is 4.90 Å². The lowest BCUT2D eigenvalue weighted by Gasteiger charge is -2.45. The first-order valence-electron chi connectivity index (χ1n) is 5.52. The minimum absolute atomic E-state index is 0.713. The second-order valence-electron chi connectivity index (χ2n) is 4.59. The Morgan fingerprint density at radius 3 is 2.38 bits per heavy atom. The fourth-order valence-electron chi connectivity index (χ4n) is 2.17. The second kappa shape index (κ2) is 4.43. The summed E-state index contributed by atoms with van der Waals surface area (Å²) < 4.78 is 0. The van der Waals surface area contributed by atoms with Gasteiger partial charge in [0.1, 0.15) is 0 Å². The van der Waals surface area contributed by atoms with Crippen LogP contribution in [0.2, 0.25) is 0 Å². The van der Waals surface area contributed by atoms with Crippen molar-refractivity contribution in [3.63, 3.8) is 0 Å². The van der Waals surface area contributed by atoms with Gasteiger partial charge in [-0.2, -0.15) is 0 Å². The molecule has 0 aromatic rings. The summed E-state index contributed by atoms with van der Waals surface area (Å²) in [5.41, 5.74) is 0. The van der Waals surface area contributed by atoms with E-state index < -0.39 is 0 Å². The summed E-state index contributed by atoms with van der Waals surface area (Å²) in [6.45, 7) is 11.7. The van der Waals surface area contributed by atoms with Gasteiger partial charge >= 0.3 is 0 Å². The van der Waals surface area contributed by atoms with Crippen LogP contribution < -0.4 is 0 Å². The Bertz CT molecular complexity index is 158. The maximum atomic E-state index is 2.64. The molecule has 1 aliphatic heterocycles. The molecule has 0 bridgehead atoms. The van der Waals surface area contributed by atoms with Crippen LogP contribution >= 0.6 is 0 Å². The maximum Gasteiger partial charge on any atom is 0.0198 e. The van der Waals surface area contributed by atoms with Gasteiger partial charge in [0.05, 0.1) is 0 Å². The van der Waals surface area contributed by atoms with Crippen LogP contribution in [0.1, 0.15) is 34.1 Å². The predicted octanol–water partition coefficient (Wildman–Crippen LogP) is 1.81. The number of likely N-dealkylation sites (N-methyl/N-ethyl adjacent to an activating group) is 1. The third-order valence-electron chi connectivity index (χ3n) is 3.50. The molecule has 1 aliphatic rings. The van der Waals surface area contributed by atoms with Gasteiger partial charge in [-0.05, 0) is 34.2 Å². The van der Waals surface area contributed by atoms with Crippen molar-refractivity contribution in [1.29, 1.82) is 0 Å². The molecule has 1 fully saturated rings. The van der Waals surface area contributed by atoms with Gasteiger partial charge in [0.25, 0.3) is 0 Å². The molecule has 78 valence electrons. The van der Waals surface area contributed by atoms with Crippen LogP contribution in [0.5, 0.6) is 0 Å². The molecule has 0 amide bonds. The lowest BCUT2D eigenvalue weighted by Crippen LogP contribution is -2.57. The average molecular weight is 184 g/mol. The molecule has 0 radical (unpaired) electrons. The quantitative estimate of drug-likeness (QED) is 0.646. The van der Waals surface area contributed by atoms with E-state index in [1.165, 1.54) is 19.5 Å². The Morgan fingerprint density at radius 1 is 1.23 bits per heavy atom. The van der Waals surface area contributed by atoms with E-state index in [1.54, 1.807) is 0 Å². The van der Waals surface area contributed by atoms with E-state index in [4.69, 9.17) is 0 Å². The Hall–Kier alpha value is -0.0800. The van der Waals surface area contributed by atoms with Crippen molar-refractivity contribution in [2.24, 2.45) is 0 Å². The predicted molar refractivity (Wildman–Crippen MR) is 58.0 cm³/mol. The average Bonchev–Trinajstić information content (AvgIpc) is 2.10. The van der Waals surface area contributed by atoms with Crippen LogP contribution in [0, 0.1) is 0 Å². The fraction of sp³-hybridized carbons (Fsp3) is 1.00. The van der Waals surface area contributed by atoms with Crippen LogP contribution in [0.4, 0.5) is 0 Å². The molecule has 2 heteroatoms. The summed E-state index contributed by atoms with van der Waals surface area (Å²) in [5, 5.41) is 0. The van der Waals surface area contributed by atoms with Crippen molar-refractivity contribution in [1.82, 2.24) is 9.80 Å². The second-order valence-corrected chi connectivity index (χ2v) is 4.59. The van der Waals surface area contributed by atoms with Crippen molar-refractivity contribution >= 4 is 0 Å². The summed E-state index contributed by atoms with van der Waals surface area (Å²) in [6.07, 6.45) is 1.26. The topological polar surface area (TPSA) is 6.48 Å². The first-order chi connectivity index (χ1) is 6.06. The van der Waals surface area contributed by atoms with Gasteiger partial charge in [-0.15, -0.1) is 0 Å². The normalized spacial score (nSPS) is 34.8. The van der Waals surface area contributed by atoms with Crippen molar-refractivity contribution in [2.75, 3.05) is 20.1 Å². The molecule has 1 saturated heterocycles. The smallest absolute Gasteiger partial charge is 0.0198 e. The molecule has 2 nitrogen and oxygen atoms in total. The number of rotatable bonds is 2. The van der Waals surface area contributed by atoms with E-state index in [0.717, 1.165) is 12.1 Å². The van der Waals surface area contributed by atoms with E-state index in [9.17, 15) is 0 Å². The molecule has 0 aromatic heterocycles. The molecule has 0 aromatic carbocycles. The first-order valence-corrected chi connectivity index (χ1v) is 5.52. The van der Waals surface area contributed by atoms with Crippen LogP contribution in [-0.4, -0.2) is 48.1 Å². The SMILES string of the molecule is CCC(C)N1CC(C)N(C)CC1C. The van der Waals surface area contributed by atoms with Gasteiger partial charge in [-0.25, -0.2) is 0 Å². The summed E-state index contributed by atoms with van der Waals surface area (Å²) in [4.78, 5) is 5.11. The van der Waals surface area contributed by atoms with Gasteiger partial charge in [0.15, 0.2) is 0 Å². The number of nitrogens with zero attached hydrogens (tertiary/aromatic N) is 2. The van der Waals surface area contributed by atoms with E-state index >= 15 is 0 Å². The first kappa shape index (κ1) is 11.0. The van der Waals surface area contributed by atoms with E-state index in [2.05, 4.69) is 44.5 Å². The number of hydrogen-bond acceptors (Lipinski definition) is 2. The zero-order chi connectivity index (χ0) is 10.0. The highest BCUT2D eigenvalue weighted by Crippen LogP contribution is 2.17. The zero-order valence-electron chi connectivity index (χ0n) is 9.75. The largest absolute Gasteiger partial charge is 0.301 e. The summed E-state index contributed by atoms with van der Waals surface area (Å²) in [6, 6.07) is 2.17. The van der Waals surface area contributed by atoms with Crippen LogP contribution in [-0.2, 0) is 0 Å². The van der Waals surface area contributed by atoms with Gasteiger partial charge in [0, 0.05) is 31.2 Å². The molecule has 0 N–H and O–H groups in total. The molecule has 3 atom stereocenters. The van der Waals surface area contributed by atoms with E-state index in [1.807, 2.05) is 0 Å². The van der Waals surface area contributed by atoms with Crippen molar-refractivity contribution in [2.45, 2.75) is 52.2 Å². The van der Waals surface area contributed by atoms with Gasteiger partial charge in [-0.1, -0.05) is 6.92 Å². The lowest BCUT2D eigenvalue weighted by atomic mass is 10.1. The fourth-order valence-corrected chi connectivity index (χ4v) is 2.17. The monoisotopic (exact) mass is 184 g/mol. The molecule has 13 heavy (non-hydrogen) atoms. The molecule has 3 unspecified atom stereocenters. The molecule has 0 spiro atoms. The van der Waals surface area contributed by atoms with Gasteiger partial charge in [0.2, 0.25) is 0 Å². The molecule has 1 rings (SSSR count). The highest BCUT2D eigenvalue weighted by atomic mass is 15.3. The minimum Gasteiger partial charge on any atom is -0.301 e. The number of hydrogen-bond donors (Lipinski definition) is 0. The Kier molecular flexibility index (Phi) is 3.74. The highest BCUT2D eigenvalue weighted by Gasteiger charge is 2.28. The third-order valence-corrected chi connectivity index (χ3v) is 3.50. The molecular weight excluding hydrogens is 160 g/mol. The Balaban J connectivity index is 2.55. The standard InChI is InChI=1S/C11H24N2/c1-6-9(2)13-8-10(3)12(5)7-11(13)4/h9-11H,6-8H2,1-5H3. The molecule has 1 heterocycles. The molecular formula is C11H24N2. The van der Waals surface area contributed by atoms with E-state index in [-0.39, 0.29) is 0 Å². The maximum absolute atomic E-state index is 2.64. The van der Waals surface area contributed by atoms with Crippen LogP contribution in [0.25, 0.3) is 0 Å². The van der Waals surface area contributed by atoms with Gasteiger partial charge < -0.3 is 4.90 Å². The van der Waals surface area contributed by atoms with E-state index in [0.29, 0.717) is 6.04 Å². The minimum atomic E-state index is 0.713. The van der Waals surface area contributed by atoms with Crippen LogP contribution in [0.3, 0.4) is 0 Å². The molecule has 0 saturated carbocycles. The summed E-state index contributed by atoms with van der Waals surface area (Å²) in [5.74, 6) is 0. The highest BCUT2D eigenvalue weighted by molar-refractivity contribution is 4.85. The lowest BCUT2D eigenvalue weighted by molar-refractivity contribution is 0.0324. The summed E-state index contributed by atoms with van der Waals surface area (Å²) >= 11 is 0. The Morgan fingerprint density at radius 2 is 1.85 bits per heavy atom. The van der Waals surface area contributed by atoms with Crippen molar-refractivity contribution in [3.8, 4) is 0 Å². The molecule has 0 aliphatic carbocycles. The van der Waals surface area contributed by atoms with Crippen LogP contribution in [0.15, 0.2) is 0 Å². The van der Waals surface area contributed by atoms with Crippen molar-refractivity contribution in [3.05, 3.63) is 0 Å². The van der Waals surface area contributed by atoms with Crippen molar-refractivity contribution < 1.29 is 0 Å².